The zero-order valence-electron chi connectivity index (χ0n) is 16.9. The van der Waals surface area contributed by atoms with Crippen LogP contribution in [0.5, 0.6) is 11.5 Å². The molecule has 0 atom stereocenters. The normalized spacial score (nSPS) is 10.8. The highest BCUT2D eigenvalue weighted by molar-refractivity contribution is 7.99. The predicted molar refractivity (Wildman–Crippen MR) is 120 cm³/mol. The molecule has 4 rings (SSSR count). The molecule has 3 heterocycles. The van der Waals surface area contributed by atoms with E-state index in [0.717, 1.165) is 16.5 Å². The summed E-state index contributed by atoms with van der Waals surface area (Å²) in [5.41, 5.74) is 0.574. The number of carbonyl (C=O) groups excluding carboxylic acids is 1. The van der Waals surface area contributed by atoms with Crippen LogP contribution in [0.1, 0.15) is 5.76 Å². The largest absolute Gasteiger partial charge is 0.497 e. The summed E-state index contributed by atoms with van der Waals surface area (Å²) in [4.78, 5) is 13.6. The fraction of sp³-hybridized carbons (Fsp3) is 0.190. The third-order valence-electron chi connectivity index (χ3n) is 4.37. The van der Waals surface area contributed by atoms with Crippen molar-refractivity contribution in [3.05, 3.63) is 59.9 Å². The Morgan fingerprint density at radius 1 is 1.19 bits per heavy atom. The number of hydrogen-bond donors (Lipinski definition) is 1. The second-order valence-corrected chi connectivity index (χ2v) is 8.24. The van der Waals surface area contributed by atoms with Gasteiger partial charge in [-0.15, -0.1) is 21.5 Å². The summed E-state index contributed by atoms with van der Waals surface area (Å²) < 4.78 is 18.0. The van der Waals surface area contributed by atoms with Crippen LogP contribution in [0.2, 0.25) is 0 Å². The SMILES string of the molecule is COc1ccc(NC(=O)CSc2nnc(-c3cccs3)n2Cc2ccco2)c(OC)c1. The number of aromatic nitrogens is 3. The molecule has 10 heteroatoms. The van der Waals surface area contributed by atoms with Crippen molar-refractivity contribution in [2.24, 2.45) is 0 Å². The van der Waals surface area contributed by atoms with Crippen molar-refractivity contribution in [3.8, 4) is 22.2 Å². The van der Waals surface area contributed by atoms with E-state index in [1.165, 1.54) is 11.8 Å². The van der Waals surface area contributed by atoms with Gasteiger partial charge in [-0.1, -0.05) is 17.8 Å². The Morgan fingerprint density at radius 2 is 2.10 bits per heavy atom. The van der Waals surface area contributed by atoms with Crippen molar-refractivity contribution >= 4 is 34.7 Å². The molecule has 0 saturated carbocycles. The smallest absolute Gasteiger partial charge is 0.234 e. The summed E-state index contributed by atoms with van der Waals surface area (Å²) in [6, 6.07) is 12.9. The number of benzene rings is 1. The average molecular weight is 457 g/mol. The fourth-order valence-corrected chi connectivity index (χ4v) is 4.36. The number of amides is 1. The Labute approximate surface area is 187 Å². The molecular weight excluding hydrogens is 436 g/mol. The number of thioether (sulfide) groups is 1. The molecule has 1 aromatic carbocycles. The Bertz CT molecular complexity index is 1140. The lowest BCUT2D eigenvalue weighted by Gasteiger charge is -2.12. The number of anilines is 1. The van der Waals surface area contributed by atoms with Gasteiger partial charge in [0.25, 0.3) is 0 Å². The zero-order valence-corrected chi connectivity index (χ0v) is 18.5. The van der Waals surface area contributed by atoms with Crippen LogP contribution >= 0.6 is 23.1 Å². The fourth-order valence-electron chi connectivity index (χ4n) is 2.90. The van der Waals surface area contributed by atoms with Gasteiger partial charge in [0.15, 0.2) is 11.0 Å². The highest BCUT2D eigenvalue weighted by Crippen LogP contribution is 2.30. The van der Waals surface area contributed by atoms with E-state index in [9.17, 15) is 4.79 Å². The molecule has 0 unspecified atom stereocenters. The maximum absolute atomic E-state index is 12.6. The van der Waals surface area contributed by atoms with Gasteiger partial charge in [-0.2, -0.15) is 0 Å². The number of ether oxygens (including phenoxy) is 2. The van der Waals surface area contributed by atoms with Crippen LogP contribution in [0.4, 0.5) is 5.69 Å². The molecule has 0 fully saturated rings. The van der Waals surface area contributed by atoms with Gasteiger partial charge in [-0.25, -0.2) is 0 Å². The van der Waals surface area contributed by atoms with Gasteiger partial charge < -0.3 is 19.2 Å². The maximum atomic E-state index is 12.6. The van der Waals surface area contributed by atoms with E-state index in [0.29, 0.717) is 28.9 Å². The molecule has 0 spiro atoms. The van der Waals surface area contributed by atoms with E-state index in [1.807, 2.05) is 34.2 Å². The topological polar surface area (TPSA) is 91.4 Å². The molecule has 0 aliphatic heterocycles. The molecular formula is C21H20N4O4S2. The average Bonchev–Trinajstić information content (AvgIpc) is 3.55. The number of nitrogens with one attached hydrogen (secondary N) is 1. The summed E-state index contributed by atoms with van der Waals surface area (Å²) >= 11 is 2.89. The first kappa shape index (κ1) is 21.0. The third kappa shape index (κ3) is 4.92. The van der Waals surface area contributed by atoms with Crippen LogP contribution in [-0.2, 0) is 11.3 Å². The predicted octanol–water partition coefficient (Wildman–Crippen LogP) is 4.40. The number of carbonyl (C=O) groups is 1. The second kappa shape index (κ2) is 9.71. The Kier molecular flexibility index (Phi) is 6.58. The maximum Gasteiger partial charge on any atom is 0.234 e. The summed E-state index contributed by atoms with van der Waals surface area (Å²) in [5.74, 6) is 2.68. The minimum Gasteiger partial charge on any atom is -0.497 e. The number of furan rings is 1. The molecule has 0 aliphatic carbocycles. The van der Waals surface area contributed by atoms with E-state index in [-0.39, 0.29) is 11.7 Å². The van der Waals surface area contributed by atoms with Gasteiger partial charge >= 0.3 is 0 Å². The molecule has 1 N–H and O–H groups in total. The molecule has 8 nitrogen and oxygen atoms in total. The number of hydrogen-bond acceptors (Lipinski definition) is 8. The standard InChI is InChI=1S/C21H20N4O4S2/c1-27-14-7-8-16(17(11-14)28-2)22-19(26)13-31-21-24-23-20(18-6-4-10-30-18)25(21)12-15-5-3-9-29-15/h3-11H,12-13H2,1-2H3,(H,22,26). The van der Waals surface area contributed by atoms with E-state index in [2.05, 4.69) is 15.5 Å². The van der Waals surface area contributed by atoms with Crippen LogP contribution in [0.3, 0.4) is 0 Å². The quantitative estimate of drug-likeness (QED) is 0.373. The van der Waals surface area contributed by atoms with Crippen LogP contribution in [-0.4, -0.2) is 40.6 Å². The first-order valence-electron chi connectivity index (χ1n) is 9.32. The molecule has 0 radical (unpaired) electrons. The van der Waals surface area contributed by atoms with Crippen molar-refractivity contribution < 1.29 is 18.7 Å². The minimum atomic E-state index is -0.182. The van der Waals surface area contributed by atoms with E-state index >= 15 is 0 Å². The van der Waals surface area contributed by atoms with Crippen LogP contribution < -0.4 is 14.8 Å². The Balaban J connectivity index is 1.49. The number of rotatable bonds is 9. The van der Waals surface area contributed by atoms with Gasteiger partial charge in [0.1, 0.15) is 17.3 Å². The summed E-state index contributed by atoms with van der Waals surface area (Å²) in [5, 5.41) is 14.1. The van der Waals surface area contributed by atoms with Gasteiger partial charge in [0, 0.05) is 6.07 Å². The lowest BCUT2D eigenvalue weighted by atomic mass is 10.2. The van der Waals surface area contributed by atoms with Crippen molar-refractivity contribution in [3.63, 3.8) is 0 Å². The second-order valence-electron chi connectivity index (χ2n) is 6.35. The van der Waals surface area contributed by atoms with Crippen molar-refractivity contribution in [2.75, 3.05) is 25.3 Å². The lowest BCUT2D eigenvalue weighted by Crippen LogP contribution is -2.15. The molecule has 31 heavy (non-hydrogen) atoms. The van der Waals surface area contributed by atoms with Crippen LogP contribution in [0, 0.1) is 0 Å². The third-order valence-corrected chi connectivity index (χ3v) is 6.20. The Morgan fingerprint density at radius 3 is 2.81 bits per heavy atom. The van der Waals surface area contributed by atoms with Crippen LogP contribution in [0.15, 0.2) is 63.7 Å². The van der Waals surface area contributed by atoms with Crippen molar-refractivity contribution in [1.82, 2.24) is 14.8 Å². The van der Waals surface area contributed by atoms with E-state index < -0.39 is 0 Å². The summed E-state index contributed by atoms with van der Waals surface area (Å²) in [6.07, 6.45) is 1.63. The number of methoxy groups -OCH3 is 2. The van der Waals surface area contributed by atoms with Crippen molar-refractivity contribution in [1.29, 1.82) is 0 Å². The number of nitrogens with zero attached hydrogens (tertiary/aromatic N) is 3. The monoisotopic (exact) mass is 456 g/mol. The first-order valence-corrected chi connectivity index (χ1v) is 11.2. The number of thiophene rings is 1. The highest BCUT2D eigenvalue weighted by Gasteiger charge is 2.18. The van der Waals surface area contributed by atoms with Gasteiger partial charge in [-0.05, 0) is 35.7 Å². The first-order chi connectivity index (χ1) is 15.2. The molecule has 3 aromatic heterocycles. The van der Waals surface area contributed by atoms with Gasteiger partial charge in [-0.3, -0.25) is 9.36 Å². The molecule has 0 saturated heterocycles. The summed E-state index contributed by atoms with van der Waals surface area (Å²) in [7, 11) is 3.12. The molecule has 0 aliphatic rings. The van der Waals surface area contributed by atoms with Crippen LogP contribution in [0.25, 0.3) is 10.7 Å². The zero-order chi connectivity index (χ0) is 21.6. The van der Waals surface area contributed by atoms with E-state index in [1.54, 1.807) is 50.0 Å². The minimum absolute atomic E-state index is 0.163. The van der Waals surface area contributed by atoms with E-state index in [4.69, 9.17) is 13.9 Å². The summed E-state index contributed by atoms with van der Waals surface area (Å²) in [6.45, 7) is 0.476. The van der Waals surface area contributed by atoms with Gasteiger partial charge in [0.2, 0.25) is 5.91 Å². The van der Waals surface area contributed by atoms with Crippen molar-refractivity contribution in [2.45, 2.75) is 11.7 Å². The molecule has 4 aromatic rings. The molecule has 160 valence electrons. The Hall–Kier alpha value is -3.24. The highest BCUT2D eigenvalue weighted by atomic mass is 32.2. The molecule has 1 amide bonds. The lowest BCUT2D eigenvalue weighted by molar-refractivity contribution is -0.113. The molecule has 0 bridgehead atoms. The van der Waals surface area contributed by atoms with Gasteiger partial charge in [0.05, 0.1) is 43.3 Å².